The summed E-state index contributed by atoms with van der Waals surface area (Å²) in [6, 6.07) is 5.31. The smallest absolute Gasteiger partial charge is 0.340 e. The first-order valence-electron chi connectivity index (χ1n) is 5.73. The summed E-state index contributed by atoms with van der Waals surface area (Å²) in [7, 11) is 1.31. The van der Waals surface area contributed by atoms with E-state index < -0.39 is 5.97 Å². The number of esters is 1. The maximum absolute atomic E-state index is 11.5. The van der Waals surface area contributed by atoms with Crippen molar-refractivity contribution in [2.75, 3.05) is 18.2 Å². The third-order valence-corrected chi connectivity index (χ3v) is 2.58. The van der Waals surface area contributed by atoms with Crippen molar-refractivity contribution < 1.29 is 13.9 Å². The molecule has 0 aromatic carbocycles. The summed E-state index contributed by atoms with van der Waals surface area (Å²) in [5.74, 6) is 1.67. The lowest BCUT2D eigenvalue weighted by molar-refractivity contribution is 0.0602. The summed E-state index contributed by atoms with van der Waals surface area (Å²) in [4.78, 5) is 15.6. The monoisotopic (exact) mass is 261 g/mol. The minimum Gasteiger partial charge on any atom is -0.465 e. The number of aryl methyl sites for hydroxylation is 1. The average molecular weight is 261 g/mol. The van der Waals surface area contributed by atoms with Gasteiger partial charge in [-0.25, -0.2) is 9.78 Å². The lowest BCUT2D eigenvalue weighted by Crippen LogP contribution is -2.08. The first-order chi connectivity index (χ1) is 9.10. The first kappa shape index (κ1) is 12.9. The highest BCUT2D eigenvalue weighted by molar-refractivity contribution is 5.95. The SMILES string of the molecule is COC(=O)c1cc(NCc2ccc(C)o2)ncc1N. The Hall–Kier alpha value is -2.50. The molecule has 0 aliphatic heterocycles. The lowest BCUT2D eigenvalue weighted by atomic mass is 10.2. The molecular formula is C13H15N3O3. The Morgan fingerprint density at radius 2 is 2.32 bits per heavy atom. The molecule has 0 amide bonds. The zero-order chi connectivity index (χ0) is 13.8. The van der Waals surface area contributed by atoms with Crippen LogP contribution in [0.1, 0.15) is 21.9 Å². The number of carbonyl (C=O) groups excluding carboxylic acids is 1. The van der Waals surface area contributed by atoms with E-state index in [1.807, 2.05) is 19.1 Å². The molecule has 0 aliphatic carbocycles. The fourth-order valence-corrected chi connectivity index (χ4v) is 1.61. The number of nitrogens with two attached hydrogens (primary N) is 1. The van der Waals surface area contributed by atoms with Gasteiger partial charge in [-0.2, -0.15) is 0 Å². The number of hydrogen-bond donors (Lipinski definition) is 2. The molecule has 0 saturated carbocycles. The molecule has 2 heterocycles. The summed E-state index contributed by atoms with van der Waals surface area (Å²) >= 11 is 0. The number of anilines is 2. The molecule has 0 unspecified atom stereocenters. The Kier molecular flexibility index (Phi) is 3.70. The van der Waals surface area contributed by atoms with E-state index in [1.165, 1.54) is 13.3 Å². The first-order valence-corrected chi connectivity index (χ1v) is 5.73. The predicted octanol–water partition coefficient (Wildman–Crippen LogP) is 1.96. The summed E-state index contributed by atoms with van der Waals surface area (Å²) < 4.78 is 10.1. The molecule has 0 radical (unpaired) electrons. The van der Waals surface area contributed by atoms with E-state index in [2.05, 4.69) is 15.0 Å². The van der Waals surface area contributed by atoms with Crippen LogP contribution in [0.2, 0.25) is 0 Å². The summed E-state index contributed by atoms with van der Waals surface area (Å²) in [6.07, 6.45) is 1.42. The van der Waals surface area contributed by atoms with Crippen LogP contribution in [-0.4, -0.2) is 18.1 Å². The number of furan rings is 1. The maximum Gasteiger partial charge on any atom is 0.340 e. The fraction of sp³-hybridized carbons (Fsp3) is 0.231. The largest absolute Gasteiger partial charge is 0.465 e. The van der Waals surface area contributed by atoms with E-state index in [1.54, 1.807) is 6.07 Å². The number of methoxy groups -OCH3 is 1. The number of aromatic nitrogens is 1. The highest BCUT2D eigenvalue weighted by Gasteiger charge is 2.11. The van der Waals surface area contributed by atoms with Crippen molar-refractivity contribution in [3.63, 3.8) is 0 Å². The molecule has 0 bridgehead atoms. The molecule has 100 valence electrons. The molecule has 2 aromatic heterocycles. The van der Waals surface area contributed by atoms with Gasteiger partial charge in [0.25, 0.3) is 0 Å². The van der Waals surface area contributed by atoms with Gasteiger partial charge in [0.1, 0.15) is 17.3 Å². The van der Waals surface area contributed by atoms with Gasteiger partial charge in [-0.05, 0) is 25.1 Å². The van der Waals surface area contributed by atoms with Crippen LogP contribution in [0, 0.1) is 6.92 Å². The van der Waals surface area contributed by atoms with E-state index in [0.29, 0.717) is 12.4 Å². The highest BCUT2D eigenvalue weighted by Crippen LogP contribution is 2.17. The second kappa shape index (κ2) is 5.43. The second-order valence-electron chi connectivity index (χ2n) is 4.01. The number of nitrogens with zero attached hydrogens (tertiary/aromatic N) is 1. The summed E-state index contributed by atoms with van der Waals surface area (Å²) in [5.41, 5.74) is 6.24. The Balaban J connectivity index is 2.10. The minimum absolute atomic E-state index is 0.284. The molecule has 2 aromatic rings. The Labute approximate surface area is 110 Å². The zero-order valence-corrected chi connectivity index (χ0v) is 10.8. The normalized spacial score (nSPS) is 10.2. The quantitative estimate of drug-likeness (QED) is 0.818. The predicted molar refractivity (Wildman–Crippen MR) is 70.8 cm³/mol. The van der Waals surface area contributed by atoms with Gasteiger partial charge >= 0.3 is 5.97 Å². The third-order valence-electron chi connectivity index (χ3n) is 2.58. The number of nitrogen functional groups attached to an aromatic ring is 1. The standard InChI is InChI=1S/C13H15N3O3/c1-8-3-4-9(19-8)6-15-12-5-10(13(17)18-2)11(14)7-16-12/h3-5,7H,6,14H2,1-2H3,(H,15,16). The molecule has 0 saturated heterocycles. The van der Waals surface area contributed by atoms with Crippen molar-refractivity contribution in [3.8, 4) is 0 Å². The maximum atomic E-state index is 11.5. The number of hydrogen-bond acceptors (Lipinski definition) is 6. The van der Waals surface area contributed by atoms with Crippen molar-refractivity contribution in [2.24, 2.45) is 0 Å². The number of ether oxygens (including phenoxy) is 1. The molecule has 0 aliphatic rings. The Bertz CT molecular complexity index is 593. The van der Waals surface area contributed by atoms with Crippen LogP contribution < -0.4 is 11.1 Å². The van der Waals surface area contributed by atoms with E-state index in [9.17, 15) is 4.79 Å². The van der Waals surface area contributed by atoms with E-state index >= 15 is 0 Å². The molecular weight excluding hydrogens is 246 g/mol. The molecule has 3 N–H and O–H groups in total. The van der Waals surface area contributed by atoms with Crippen molar-refractivity contribution >= 4 is 17.5 Å². The van der Waals surface area contributed by atoms with Gasteiger partial charge in [0.15, 0.2) is 0 Å². The molecule has 0 spiro atoms. The summed E-state index contributed by atoms with van der Waals surface area (Å²) in [6.45, 7) is 2.35. The van der Waals surface area contributed by atoms with Crippen LogP contribution in [-0.2, 0) is 11.3 Å². The molecule has 0 atom stereocenters. The van der Waals surface area contributed by atoms with Gasteiger partial charge in [0.05, 0.1) is 31.1 Å². The van der Waals surface area contributed by atoms with Gasteiger partial charge in [0, 0.05) is 0 Å². The van der Waals surface area contributed by atoms with Crippen LogP contribution in [0.3, 0.4) is 0 Å². The topological polar surface area (TPSA) is 90.4 Å². The van der Waals surface area contributed by atoms with Gasteiger partial charge in [0.2, 0.25) is 0 Å². The van der Waals surface area contributed by atoms with Gasteiger partial charge in [-0.1, -0.05) is 0 Å². The lowest BCUT2D eigenvalue weighted by Gasteiger charge is -2.07. The van der Waals surface area contributed by atoms with E-state index in [4.69, 9.17) is 10.2 Å². The Morgan fingerprint density at radius 3 is 2.95 bits per heavy atom. The van der Waals surface area contributed by atoms with Crippen LogP contribution >= 0.6 is 0 Å². The zero-order valence-electron chi connectivity index (χ0n) is 10.8. The fourth-order valence-electron chi connectivity index (χ4n) is 1.61. The number of carbonyl (C=O) groups is 1. The molecule has 0 fully saturated rings. The second-order valence-corrected chi connectivity index (χ2v) is 4.01. The van der Waals surface area contributed by atoms with Crippen molar-refractivity contribution in [3.05, 3.63) is 41.5 Å². The van der Waals surface area contributed by atoms with Crippen LogP contribution in [0.15, 0.2) is 28.8 Å². The average Bonchev–Trinajstić information content (AvgIpc) is 2.83. The van der Waals surface area contributed by atoms with Crippen LogP contribution in [0.5, 0.6) is 0 Å². The van der Waals surface area contributed by atoms with Crippen molar-refractivity contribution in [1.29, 1.82) is 0 Å². The molecule has 19 heavy (non-hydrogen) atoms. The third kappa shape index (κ3) is 3.04. The highest BCUT2D eigenvalue weighted by atomic mass is 16.5. The Morgan fingerprint density at radius 1 is 1.53 bits per heavy atom. The van der Waals surface area contributed by atoms with E-state index in [-0.39, 0.29) is 11.3 Å². The van der Waals surface area contributed by atoms with Crippen molar-refractivity contribution in [1.82, 2.24) is 4.98 Å². The number of pyridine rings is 1. The van der Waals surface area contributed by atoms with Crippen LogP contribution in [0.25, 0.3) is 0 Å². The number of rotatable bonds is 4. The van der Waals surface area contributed by atoms with Gasteiger partial charge in [-0.15, -0.1) is 0 Å². The van der Waals surface area contributed by atoms with Gasteiger partial charge in [-0.3, -0.25) is 0 Å². The molecule has 2 rings (SSSR count). The summed E-state index contributed by atoms with van der Waals surface area (Å²) in [5, 5.41) is 3.05. The molecule has 6 nitrogen and oxygen atoms in total. The molecule has 6 heteroatoms. The van der Waals surface area contributed by atoms with E-state index in [0.717, 1.165) is 11.5 Å². The van der Waals surface area contributed by atoms with Crippen LogP contribution in [0.4, 0.5) is 11.5 Å². The minimum atomic E-state index is -0.489. The van der Waals surface area contributed by atoms with Crippen molar-refractivity contribution in [2.45, 2.75) is 13.5 Å². The number of nitrogens with one attached hydrogen (secondary N) is 1. The van der Waals surface area contributed by atoms with Gasteiger partial charge < -0.3 is 20.2 Å².